The summed E-state index contributed by atoms with van der Waals surface area (Å²) in [5.74, 6) is -1.79. The molecule has 1 rings (SSSR count). The van der Waals surface area contributed by atoms with Crippen LogP contribution in [0.4, 0.5) is 0 Å². The molecule has 250 valence electrons. The van der Waals surface area contributed by atoms with Gasteiger partial charge in [-0.2, -0.15) is 0 Å². The minimum atomic E-state index is -0.689. The molecule has 2 atom stereocenters. The molecule has 0 spiro atoms. The summed E-state index contributed by atoms with van der Waals surface area (Å²) >= 11 is 0. The lowest BCUT2D eigenvalue weighted by Crippen LogP contribution is -2.45. The number of aliphatic carboxylic acids is 2. The van der Waals surface area contributed by atoms with Gasteiger partial charge in [0.25, 0.3) is 0 Å². The highest BCUT2D eigenvalue weighted by molar-refractivity contribution is 5.66. The van der Waals surface area contributed by atoms with Crippen LogP contribution in [0.1, 0.15) is 174 Å². The lowest BCUT2D eigenvalue weighted by molar-refractivity contribution is -0.231. The number of allylic oxidation sites excluding steroid dienone is 2. The number of carboxylic acid groups (broad SMARTS) is 2. The zero-order chi connectivity index (χ0) is 31.4. The zero-order valence-electron chi connectivity index (χ0n) is 27.9. The maximum Gasteiger partial charge on any atom is 0.303 e. The highest BCUT2D eigenvalue weighted by Gasteiger charge is 2.41. The third-order valence-corrected chi connectivity index (χ3v) is 8.71. The number of carbonyl (C=O) groups is 2. The zero-order valence-corrected chi connectivity index (χ0v) is 27.9. The van der Waals surface area contributed by atoms with Crippen LogP contribution in [-0.4, -0.2) is 41.2 Å². The highest BCUT2D eigenvalue weighted by Crippen LogP contribution is 2.41. The summed E-state index contributed by atoms with van der Waals surface area (Å²) < 4.78 is 13.5. The van der Waals surface area contributed by atoms with Crippen molar-refractivity contribution in [2.75, 3.05) is 13.2 Å². The molecule has 1 aliphatic carbocycles. The van der Waals surface area contributed by atoms with Crippen molar-refractivity contribution >= 4 is 11.9 Å². The first-order chi connectivity index (χ1) is 20.9. The van der Waals surface area contributed by atoms with Gasteiger partial charge in [0.1, 0.15) is 0 Å². The summed E-state index contributed by atoms with van der Waals surface area (Å²) in [6.45, 7) is 5.94. The molecule has 0 fully saturated rings. The van der Waals surface area contributed by atoms with E-state index in [4.69, 9.17) is 19.7 Å². The second kappa shape index (κ2) is 26.7. The van der Waals surface area contributed by atoms with Gasteiger partial charge in [-0.25, -0.2) is 0 Å². The largest absolute Gasteiger partial charge is 0.481 e. The Bertz CT molecular complexity index is 760. The van der Waals surface area contributed by atoms with Gasteiger partial charge < -0.3 is 19.7 Å². The molecule has 0 saturated heterocycles. The van der Waals surface area contributed by atoms with Gasteiger partial charge in [-0.3, -0.25) is 9.59 Å². The summed E-state index contributed by atoms with van der Waals surface area (Å²) in [5.41, 5.74) is 1.47. The summed E-state index contributed by atoms with van der Waals surface area (Å²) in [7, 11) is 0. The third-order valence-electron chi connectivity index (χ3n) is 8.71. The number of hydrogen-bond acceptors (Lipinski definition) is 4. The van der Waals surface area contributed by atoms with E-state index in [1.807, 2.05) is 0 Å². The van der Waals surface area contributed by atoms with Crippen molar-refractivity contribution in [3.63, 3.8) is 0 Å². The summed E-state index contributed by atoms with van der Waals surface area (Å²) in [4.78, 5) is 21.4. The average molecular weight is 607 g/mol. The van der Waals surface area contributed by atoms with Crippen molar-refractivity contribution in [1.29, 1.82) is 0 Å². The molecule has 2 unspecified atom stereocenters. The van der Waals surface area contributed by atoms with E-state index in [1.165, 1.54) is 82.6 Å². The maximum atomic E-state index is 10.7. The summed E-state index contributed by atoms with van der Waals surface area (Å²) in [6.07, 6.45) is 32.9. The van der Waals surface area contributed by atoms with E-state index < -0.39 is 17.7 Å². The molecule has 0 radical (unpaired) electrons. The van der Waals surface area contributed by atoms with Gasteiger partial charge in [-0.05, 0) is 51.0 Å². The molecule has 6 nitrogen and oxygen atoms in total. The van der Waals surface area contributed by atoms with E-state index in [2.05, 4.69) is 32.1 Å². The Hall–Kier alpha value is -1.66. The molecular formula is C37H66O6. The molecule has 1 aliphatic rings. The summed E-state index contributed by atoms with van der Waals surface area (Å²) in [6, 6.07) is 0. The van der Waals surface area contributed by atoms with E-state index >= 15 is 0 Å². The van der Waals surface area contributed by atoms with Crippen LogP contribution in [0.3, 0.4) is 0 Å². The number of hydrogen-bond donors (Lipinski definition) is 2. The van der Waals surface area contributed by atoms with Crippen molar-refractivity contribution in [3.05, 3.63) is 23.8 Å². The lowest BCUT2D eigenvalue weighted by atomic mass is 9.79. The Morgan fingerprint density at radius 3 is 1.60 bits per heavy atom. The van der Waals surface area contributed by atoms with Crippen LogP contribution < -0.4 is 0 Å². The highest BCUT2D eigenvalue weighted by atomic mass is 16.7. The molecule has 0 heterocycles. The molecule has 0 saturated carbocycles. The first-order valence-corrected chi connectivity index (χ1v) is 18.0. The second-order valence-electron chi connectivity index (χ2n) is 12.6. The lowest BCUT2D eigenvalue weighted by Gasteiger charge is -2.41. The van der Waals surface area contributed by atoms with E-state index in [0.29, 0.717) is 6.42 Å². The normalized spacial score (nSPS) is 18.2. The van der Waals surface area contributed by atoms with Gasteiger partial charge in [-0.15, -0.1) is 0 Å². The van der Waals surface area contributed by atoms with Gasteiger partial charge in [0, 0.05) is 18.8 Å². The Morgan fingerprint density at radius 1 is 0.628 bits per heavy atom. The van der Waals surface area contributed by atoms with E-state index in [-0.39, 0.29) is 12.3 Å². The minimum absolute atomic E-state index is 0.247. The number of unbranched alkanes of at least 4 members (excludes halogenated alkanes) is 17. The van der Waals surface area contributed by atoms with E-state index in [1.54, 1.807) is 0 Å². The number of carboxylic acids is 2. The fraction of sp³-hybridized carbons (Fsp3) is 0.838. The Kier molecular flexibility index (Phi) is 24.5. The van der Waals surface area contributed by atoms with Gasteiger partial charge in [0.05, 0.1) is 13.2 Å². The molecule has 6 heteroatoms. The Balaban J connectivity index is 2.72. The second-order valence-corrected chi connectivity index (χ2v) is 12.6. The first-order valence-electron chi connectivity index (χ1n) is 18.0. The molecule has 0 bridgehead atoms. The van der Waals surface area contributed by atoms with Crippen LogP contribution in [0.2, 0.25) is 0 Å². The predicted octanol–water partition coefficient (Wildman–Crippen LogP) is 10.8. The van der Waals surface area contributed by atoms with Crippen LogP contribution >= 0.6 is 0 Å². The summed E-state index contributed by atoms with van der Waals surface area (Å²) in [5, 5.41) is 17.6. The smallest absolute Gasteiger partial charge is 0.303 e. The molecular weight excluding hydrogens is 540 g/mol. The quantitative estimate of drug-likeness (QED) is 0.0602. The van der Waals surface area contributed by atoms with Crippen LogP contribution in [-0.2, 0) is 19.1 Å². The van der Waals surface area contributed by atoms with Gasteiger partial charge in [0.2, 0.25) is 0 Å². The average Bonchev–Trinajstić information content (AvgIpc) is 2.98. The minimum Gasteiger partial charge on any atom is -0.481 e. The van der Waals surface area contributed by atoms with Crippen molar-refractivity contribution < 1.29 is 29.3 Å². The van der Waals surface area contributed by atoms with Crippen molar-refractivity contribution in [2.45, 2.75) is 180 Å². The molecule has 43 heavy (non-hydrogen) atoms. The number of ether oxygens (including phenoxy) is 2. The monoisotopic (exact) mass is 606 g/mol. The fourth-order valence-corrected chi connectivity index (χ4v) is 6.12. The van der Waals surface area contributed by atoms with Gasteiger partial charge >= 0.3 is 11.9 Å². The van der Waals surface area contributed by atoms with Crippen molar-refractivity contribution in [2.24, 2.45) is 5.92 Å². The Labute approximate surface area is 264 Å². The Morgan fingerprint density at radius 2 is 1.07 bits per heavy atom. The van der Waals surface area contributed by atoms with Crippen LogP contribution in [0, 0.1) is 5.92 Å². The molecule has 0 aromatic carbocycles. The fourth-order valence-electron chi connectivity index (χ4n) is 6.12. The third kappa shape index (κ3) is 20.1. The van der Waals surface area contributed by atoms with Crippen LogP contribution in [0.25, 0.3) is 0 Å². The predicted molar refractivity (Wildman–Crippen MR) is 177 cm³/mol. The molecule has 0 aromatic heterocycles. The van der Waals surface area contributed by atoms with Crippen molar-refractivity contribution in [1.82, 2.24) is 0 Å². The van der Waals surface area contributed by atoms with Crippen molar-refractivity contribution in [3.8, 4) is 0 Å². The van der Waals surface area contributed by atoms with E-state index in [9.17, 15) is 9.59 Å². The topological polar surface area (TPSA) is 93.1 Å². The SMILES string of the molecule is CCCCCCOC1(OCCCCC)C=CC=C(CCCCCCCCCC(=O)O)C1CCCCCCCCCC(=O)O. The first kappa shape index (κ1) is 39.4. The molecule has 0 aromatic rings. The molecule has 0 amide bonds. The van der Waals surface area contributed by atoms with E-state index in [0.717, 1.165) is 83.8 Å². The molecule has 0 aliphatic heterocycles. The van der Waals surface area contributed by atoms with Crippen LogP contribution in [0.5, 0.6) is 0 Å². The maximum absolute atomic E-state index is 10.7. The van der Waals surface area contributed by atoms with Gasteiger partial charge in [-0.1, -0.05) is 134 Å². The van der Waals surface area contributed by atoms with Crippen LogP contribution in [0.15, 0.2) is 23.8 Å². The molecule has 2 N–H and O–H groups in total. The standard InChI is InChI=1S/C37H66O6/c1-3-5-7-23-32-43-37(42-31-22-6-4-2)30-24-26-33(25-18-14-10-8-12-16-20-28-35(38)39)34(37)27-19-15-11-9-13-17-21-29-36(40)41/h24,26,30,34H,3-23,25,27-29,31-32H2,1-2H3,(H,38,39)(H,40,41). The van der Waals surface area contributed by atoms with Gasteiger partial charge in [0.15, 0.2) is 5.79 Å². The number of rotatable bonds is 31.